The van der Waals surface area contributed by atoms with Gasteiger partial charge in [-0.25, -0.2) is 14.6 Å². The van der Waals surface area contributed by atoms with E-state index in [1.165, 1.54) is 6.33 Å². The van der Waals surface area contributed by atoms with Gasteiger partial charge in [0.05, 0.1) is 30.3 Å². The van der Waals surface area contributed by atoms with E-state index in [0.29, 0.717) is 13.2 Å². The number of rotatable bonds is 3. The van der Waals surface area contributed by atoms with E-state index >= 15 is 0 Å². The minimum absolute atomic E-state index is 0.0666. The van der Waals surface area contributed by atoms with E-state index < -0.39 is 0 Å². The zero-order chi connectivity index (χ0) is 17.5. The maximum Gasteiger partial charge on any atom is 0.267 e. The number of hydrogen-bond acceptors (Lipinski definition) is 7. The van der Waals surface area contributed by atoms with E-state index in [0.717, 1.165) is 46.0 Å². The van der Waals surface area contributed by atoms with Crippen molar-refractivity contribution in [1.82, 2.24) is 24.7 Å². The topological polar surface area (TPSA) is 97.7 Å². The van der Waals surface area contributed by atoms with Crippen molar-refractivity contribution in [3.8, 4) is 0 Å². The summed E-state index contributed by atoms with van der Waals surface area (Å²) in [7, 11) is 0. The Labute approximate surface area is 153 Å². The van der Waals surface area contributed by atoms with Crippen LogP contribution in [0, 0.1) is 0 Å². The van der Waals surface area contributed by atoms with Crippen LogP contribution in [0.4, 0.5) is 5.82 Å². The number of fused-ring (bicyclic) bond motifs is 2. The Morgan fingerprint density at radius 3 is 3.27 bits per heavy atom. The van der Waals surface area contributed by atoms with Crippen molar-refractivity contribution in [2.24, 2.45) is 0 Å². The van der Waals surface area contributed by atoms with Gasteiger partial charge in [0.25, 0.3) is 5.56 Å². The summed E-state index contributed by atoms with van der Waals surface area (Å²) in [5, 5.41) is 9.01. The van der Waals surface area contributed by atoms with Gasteiger partial charge in [0.15, 0.2) is 0 Å². The summed E-state index contributed by atoms with van der Waals surface area (Å²) in [6.45, 7) is 0.959. The number of aromatic amines is 1. The van der Waals surface area contributed by atoms with Gasteiger partial charge in [-0.05, 0) is 17.4 Å². The number of ether oxygens (including phenoxy) is 1. The summed E-state index contributed by atoms with van der Waals surface area (Å²) in [5.74, 6) is 2.65. The van der Waals surface area contributed by atoms with Gasteiger partial charge in [-0.15, -0.1) is 0 Å². The first-order valence-corrected chi connectivity index (χ1v) is 9.77. The minimum atomic E-state index is -0.161. The highest BCUT2D eigenvalue weighted by Crippen LogP contribution is 2.26. The first-order chi connectivity index (χ1) is 12.8. The first kappa shape index (κ1) is 15.8. The van der Waals surface area contributed by atoms with Crippen LogP contribution in [0.3, 0.4) is 0 Å². The van der Waals surface area contributed by atoms with Crippen molar-refractivity contribution >= 4 is 28.6 Å². The molecule has 2 N–H and O–H groups in total. The lowest BCUT2D eigenvalue weighted by molar-refractivity contribution is 0.182. The molecule has 0 bridgehead atoms. The molecule has 2 atom stereocenters. The number of nitrogens with zero attached hydrogens (tertiary/aromatic N) is 4. The van der Waals surface area contributed by atoms with Gasteiger partial charge in [0.2, 0.25) is 0 Å². The zero-order valence-corrected chi connectivity index (χ0v) is 14.8. The molecule has 2 aliphatic heterocycles. The molecule has 1 saturated heterocycles. The van der Waals surface area contributed by atoms with Crippen molar-refractivity contribution in [3.05, 3.63) is 46.3 Å². The van der Waals surface area contributed by atoms with Gasteiger partial charge in [-0.3, -0.25) is 4.79 Å². The number of aromatic nitrogens is 5. The van der Waals surface area contributed by atoms with Crippen LogP contribution in [0.2, 0.25) is 0 Å². The molecule has 0 amide bonds. The molecule has 1 fully saturated rings. The summed E-state index contributed by atoms with van der Waals surface area (Å²) in [6.07, 6.45) is 4.26. The molecule has 0 aliphatic carbocycles. The lowest BCUT2D eigenvalue weighted by Crippen LogP contribution is -2.38. The molecule has 0 radical (unpaired) electrons. The smallest absolute Gasteiger partial charge is 0.267 e. The molecule has 5 heterocycles. The lowest BCUT2D eigenvalue weighted by atomic mass is 10.1. The van der Waals surface area contributed by atoms with Crippen LogP contribution >= 0.6 is 11.8 Å². The molecule has 8 nitrogen and oxygen atoms in total. The van der Waals surface area contributed by atoms with E-state index in [4.69, 9.17) is 4.74 Å². The number of hydrogen-bond donors (Lipinski definition) is 2. The second-order valence-corrected chi connectivity index (χ2v) is 7.62. The Bertz CT molecular complexity index is 1020. The summed E-state index contributed by atoms with van der Waals surface area (Å²) >= 11 is 1.85. The lowest BCUT2D eigenvalue weighted by Gasteiger charge is -2.23. The monoisotopic (exact) mass is 370 g/mol. The predicted molar refractivity (Wildman–Crippen MR) is 99.5 cm³/mol. The average Bonchev–Trinajstić information content (AvgIpc) is 3.31. The maximum absolute atomic E-state index is 12.6. The fourth-order valence-corrected chi connectivity index (χ4v) is 4.50. The quantitative estimate of drug-likeness (QED) is 0.718. The molecule has 134 valence electrons. The second-order valence-electron chi connectivity index (χ2n) is 6.52. The fourth-order valence-electron chi connectivity index (χ4n) is 3.55. The number of thioether (sulfide) groups is 1. The van der Waals surface area contributed by atoms with Crippen LogP contribution < -0.4 is 10.9 Å². The van der Waals surface area contributed by atoms with Crippen LogP contribution in [0.25, 0.3) is 11.0 Å². The summed E-state index contributed by atoms with van der Waals surface area (Å²) in [6, 6.07) is 3.43. The van der Waals surface area contributed by atoms with Crippen LogP contribution in [0.5, 0.6) is 0 Å². The van der Waals surface area contributed by atoms with E-state index in [9.17, 15) is 4.79 Å². The van der Waals surface area contributed by atoms with E-state index in [2.05, 4.69) is 25.4 Å². The Morgan fingerprint density at radius 2 is 2.31 bits per heavy atom. The second kappa shape index (κ2) is 6.40. The van der Waals surface area contributed by atoms with Gasteiger partial charge in [0, 0.05) is 24.4 Å². The van der Waals surface area contributed by atoms with Gasteiger partial charge < -0.3 is 15.0 Å². The van der Waals surface area contributed by atoms with Gasteiger partial charge >= 0.3 is 0 Å². The summed E-state index contributed by atoms with van der Waals surface area (Å²) in [4.78, 5) is 24.3. The number of anilines is 1. The molecule has 3 aromatic heterocycles. The fraction of sp³-hybridized carbons (Fsp3) is 0.412. The molecule has 0 spiro atoms. The van der Waals surface area contributed by atoms with Gasteiger partial charge in [0.1, 0.15) is 23.8 Å². The Kier molecular flexibility index (Phi) is 3.90. The molecule has 26 heavy (non-hydrogen) atoms. The number of aryl methyl sites for hydroxylation is 1. The SMILES string of the molecule is O=c1cc2c(nn1C1COCC1Nc1ncnc3[nH]ccc13)CCSC2. The highest BCUT2D eigenvalue weighted by atomic mass is 32.2. The highest BCUT2D eigenvalue weighted by Gasteiger charge is 2.32. The van der Waals surface area contributed by atoms with Gasteiger partial charge in [-0.1, -0.05) is 0 Å². The largest absolute Gasteiger partial charge is 0.377 e. The Morgan fingerprint density at radius 1 is 1.35 bits per heavy atom. The minimum Gasteiger partial charge on any atom is -0.377 e. The van der Waals surface area contributed by atoms with Crippen molar-refractivity contribution in [3.63, 3.8) is 0 Å². The molecule has 9 heteroatoms. The number of H-pyrrole nitrogens is 1. The van der Waals surface area contributed by atoms with E-state index in [1.807, 2.05) is 24.0 Å². The maximum atomic E-state index is 12.6. The first-order valence-electron chi connectivity index (χ1n) is 8.61. The molecular weight excluding hydrogens is 352 g/mol. The van der Waals surface area contributed by atoms with Crippen LogP contribution in [-0.2, 0) is 16.9 Å². The Hall–Kier alpha value is -2.39. The van der Waals surface area contributed by atoms with Crippen molar-refractivity contribution in [2.45, 2.75) is 24.3 Å². The molecule has 2 aliphatic rings. The molecule has 0 aromatic carbocycles. The molecule has 3 aromatic rings. The predicted octanol–water partition coefficient (Wildman–Crippen LogP) is 1.36. The third-order valence-electron chi connectivity index (χ3n) is 4.90. The number of nitrogens with one attached hydrogen (secondary N) is 2. The van der Waals surface area contributed by atoms with Crippen LogP contribution in [0.1, 0.15) is 17.3 Å². The Balaban J connectivity index is 1.48. The molecule has 5 rings (SSSR count). The normalized spacial score (nSPS) is 22.5. The van der Waals surface area contributed by atoms with Crippen molar-refractivity contribution in [2.75, 3.05) is 24.3 Å². The van der Waals surface area contributed by atoms with E-state index in [1.54, 1.807) is 10.7 Å². The van der Waals surface area contributed by atoms with E-state index in [-0.39, 0.29) is 17.6 Å². The molecule has 0 saturated carbocycles. The van der Waals surface area contributed by atoms with Crippen molar-refractivity contribution < 1.29 is 4.74 Å². The third-order valence-corrected chi connectivity index (χ3v) is 5.91. The van der Waals surface area contributed by atoms with Crippen molar-refractivity contribution in [1.29, 1.82) is 0 Å². The average molecular weight is 370 g/mol. The standard InChI is InChI=1S/C17H18N6O2S/c24-15-5-10-8-26-4-2-12(10)22-23(15)14-7-25-6-13(14)21-17-11-1-3-18-16(11)19-9-20-17/h1,3,5,9,13-14H,2,4,6-8H2,(H2,18,19,20,21). The third kappa shape index (κ3) is 2.67. The summed E-state index contributed by atoms with van der Waals surface area (Å²) in [5.41, 5.74) is 2.81. The molecular formula is C17H18N6O2S. The molecule has 2 unspecified atom stereocenters. The highest BCUT2D eigenvalue weighted by molar-refractivity contribution is 7.98. The van der Waals surface area contributed by atoms with Crippen LogP contribution in [0.15, 0.2) is 29.5 Å². The summed E-state index contributed by atoms with van der Waals surface area (Å²) < 4.78 is 7.26. The zero-order valence-electron chi connectivity index (χ0n) is 14.0. The van der Waals surface area contributed by atoms with Crippen LogP contribution in [-0.4, -0.2) is 49.7 Å². The van der Waals surface area contributed by atoms with Gasteiger partial charge in [-0.2, -0.15) is 16.9 Å².